The molecule has 8 nitrogen and oxygen atoms in total. The van der Waals surface area contributed by atoms with Gasteiger partial charge in [0.05, 0.1) is 22.7 Å². The van der Waals surface area contributed by atoms with Gasteiger partial charge in [-0.2, -0.15) is 10.2 Å². The molecule has 0 spiro atoms. The highest BCUT2D eigenvalue weighted by atomic mass is 16.5. The maximum Gasteiger partial charge on any atom is 0.249 e. The lowest BCUT2D eigenvalue weighted by molar-refractivity contribution is 0.117. The lowest BCUT2D eigenvalue weighted by atomic mass is 10.1. The predicted molar refractivity (Wildman–Crippen MR) is 107 cm³/mol. The van der Waals surface area contributed by atoms with Gasteiger partial charge in [-0.3, -0.25) is 4.40 Å². The smallest absolute Gasteiger partial charge is 0.249 e. The molecule has 0 aliphatic carbocycles. The quantitative estimate of drug-likeness (QED) is 0.531. The van der Waals surface area contributed by atoms with E-state index in [1.807, 2.05) is 44.2 Å². The summed E-state index contributed by atoms with van der Waals surface area (Å²) in [5.41, 5.74) is 3.92. The van der Waals surface area contributed by atoms with Crippen molar-refractivity contribution in [2.45, 2.75) is 32.4 Å². The van der Waals surface area contributed by atoms with E-state index in [1.54, 1.807) is 7.11 Å². The summed E-state index contributed by atoms with van der Waals surface area (Å²) in [7, 11) is 1.72. The van der Waals surface area contributed by atoms with Crippen molar-refractivity contribution in [1.29, 1.82) is 5.26 Å². The molecular weight excluding hydrogens is 368 g/mol. The van der Waals surface area contributed by atoms with Crippen LogP contribution in [0.1, 0.15) is 35.3 Å². The minimum Gasteiger partial charge on any atom is -0.380 e. The summed E-state index contributed by atoms with van der Waals surface area (Å²) in [5, 5.41) is 13.7. The van der Waals surface area contributed by atoms with Crippen molar-refractivity contribution in [1.82, 2.24) is 19.5 Å². The molecule has 5 rings (SSSR count). The average molecular weight is 388 g/mol. The Balaban J connectivity index is 1.78. The van der Waals surface area contributed by atoms with Gasteiger partial charge >= 0.3 is 0 Å². The molecule has 8 heteroatoms. The molecule has 146 valence electrons. The number of ether oxygens (including phenoxy) is 1. The summed E-state index contributed by atoms with van der Waals surface area (Å²) in [5.74, 6) is 2.11. The SMILES string of the molecule is COC1CC(c2nc(C)no2)N(c2cc(C)c(C#N)c3nc4ccccc4n23)C1. The largest absolute Gasteiger partial charge is 0.380 e. The molecule has 1 fully saturated rings. The number of pyridine rings is 1. The number of rotatable bonds is 3. The van der Waals surface area contributed by atoms with E-state index in [0.717, 1.165) is 28.8 Å². The highest BCUT2D eigenvalue weighted by Crippen LogP contribution is 2.39. The van der Waals surface area contributed by atoms with Crippen LogP contribution < -0.4 is 4.90 Å². The van der Waals surface area contributed by atoms with Gasteiger partial charge in [0.1, 0.15) is 17.9 Å². The van der Waals surface area contributed by atoms with Crippen molar-refractivity contribution in [2.24, 2.45) is 0 Å². The molecule has 29 heavy (non-hydrogen) atoms. The summed E-state index contributed by atoms with van der Waals surface area (Å²) < 4.78 is 13.2. The van der Waals surface area contributed by atoms with Gasteiger partial charge in [-0.15, -0.1) is 0 Å². The van der Waals surface area contributed by atoms with Gasteiger partial charge in [-0.05, 0) is 37.6 Å². The molecule has 0 amide bonds. The summed E-state index contributed by atoms with van der Waals surface area (Å²) in [6.07, 6.45) is 0.777. The summed E-state index contributed by atoms with van der Waals surface area (Å²) >= 11 is 0. The first-order chi connectivity index (χ1) is 14.1. The molecule has 1 saturated heterocycles. The van der Waals surface area contributed by atoms with Gasteiger partial charge in [0.2, 0.25) is 5.89 Å². The number of methoxy groups -OCH3 is 1. The molecule has 1 aromatic carbocycles. The molecular formula is C21H20N6O2. The van der Waals surface area contributed by atoms with E-state index in [9.17, 15) is 5.26 Å². The maximum atomic E-state index is 9.74. The Hall–Kier alpha value is -3.44. The maximum absolute atomic E-state index is 9.74. The third-order valence-corrected chi connectivity index (χ3v) is 5.58. The van der Waals surface area contributed by atoms with Crippen molar-refractivity contribution < 1.29 is 9.26 Å². The number of anilines is 1. The number of aromatic nitrogens is 4. The number of fused-ring (bicyclic) bond motifs is 3. The van der Waals surface area contributed by atoms with E-state index in [0.29, 0.717) is 29.5 Å². The zero-order valence-corrected chi connectivity index (χ0v) is 16.5. The Morgan fingerprint density at radius 1 is 1.24 bits per heavy atom. The first kappa shape index (κ1) is 17.6. The number of hydrogen-bond acceptors (Lipinski definition) is 7. The minimum atomic E-state index is -0.113. The molecule has 0 radical (unpaired) electrons. The molecule has 4 aromatic rings. The van der Waals surface area contributed by atoms with Crippen LogP contribution in [0.4, 0.5) is 5.82 Å². The summed E-state index contributed by atoms with van der Waals surface area (Å²) in [6, 6.07) is 12.2. The number of benzene rings is 1. The monoisotopic (exact) mass is 388 g/mol. The van der Waals surface area contributed by atoms with Gasteiger partial charge in [-0.1, -0.05) is 17.3 Å². The van der Waals surface area contributed by atoms with Crippen LogP contribution in [-0.4, -0.2) is 39.3 Å². The van der Waals surface area contributed by atoms with Crippen LogP contribution in [0.15, 0.2) is 34.9 Å². The number of para-hydroxylation sites is 2. The number of nitriles is 1. The van der Waals surface area contributed by atoms with Crippen molar-refractivity contribution in [2.75, 3.05) is 18.6 Å². The van der Waals surface area contributed by atoms with E-state index >= 15 is 0 Å². The summed E-state index contributed by atoms with van der Waals surface area (Å²) in [6.45, 7) is 4.43. The fourth-order valence-corrected chi connectivity index (χ4v) is 4.19. The van der Waals surface area contributed by atoms with Crippen molar-refractivity contribution in [3.05, 3.63) is 53.2 Å². The van der Waals surface area contributed by atoms with Gasteiger partial charge in [0.25, 0.3) is 0 Å². The molecule has 0 saturated carbocycles. The van der Waals surface area contributed by atoms with Crippen molar-refractivity contribution >= 4 is 22.5 Å². The standard InChI is InChI=1S/C21H20N6O2/c1-12-8-19(26-11-14(28-3)9-18(26)21-23-13(2)25-29-21)27-17-7-5-4-6-16(17)24-20(27)15(12)10-22/h4-8,14,18H,9,11H2,1-3H3. The zero-order valence-electron chi connectivity index (χ0n) is 16.5. The van der Waals surface area contributed by atoms with E-state index in [-0.39, 0.29) is 12.1 Å². The number of nitrogens with zero attached hydrogens (tertiary/aromatic N) is 6. The average Bonchev–Trinajstić information content (AvgIpc) is 3.43. The normalized spacial score (nSPS) is 19.3. The van der Waals surface area contributed by atoms with E-state index < -0.39 is 0 Å². The Bertz CT molecular complexity index is 1270. The van der Waals surface area contributed by atoms with Gasteiger partial charge in [0.15, 0.2) is 11.5 Å². The third-order valence-electron chi connectivity index (χ3n) is 5.58. The van der Waals surface area contributed by atoms with Crippen LogP contribution >= 0.6 is 0 Å². The Kier molecular flexibility index (Phi) is 4.00. The lowest BCUT2D eigenvalue weighted by Gasteiger charge is -2.26. The second kappa shape index (κ2) is 6.57. The van der Waals surface area contributed by atoms with Gasteiger partial charge in [0, 0.05) is 20.1 Å². The number of hydrogen-bond donors (Lipinski definition) is 0. The number of aryl methyl sites for hydroxylation is 2. The van der Waals surface area contributed by atoms with Crippen LogP contribution in [0.2, 0.25) is 0 Å². The highest BCUT2D eigenvalue weighted by molar-refractivity contribution is 5.85. The van der Waals surface area contributed by atoms with E-state index in [1.165, 1.54) is 0 Å². The molecule has 0 bridgehead atoms. The minimum absolute atomic E-state index is 0.0352. The van der Waals surface area contributed by atoms with Crippen molar-refractivity contribution in [3.8, 4) is 6.07 Å². The van der Waals surface area contributed by atoms with Crippen LogP contribution in [-0.2, 0) is 4.74 Å². The number of imidazole rings is 1. The highest BCUT2D eigenvalue weighted by Gasteiger charge is 2.38. The topological polar surface area (TPSA) is 92.5 Å². The fraction of sp³-hybridized carbons (Fsp3) is 0.333. The van der Waals surface area contributed by atoms with Crippen LogP contribution in [0.5, 0.6) is 0 Å². The second-order valence-electron chi connectivity index (χ2n) is 7.37. The Morgan fingerprint density at radius 3 is 2.79 bits per heavy atom. The third kappa shape index (κ3) is 2.66. The Morgan fingerprint density at radius 2 is 2.07 bits per heavy atom. The molecule has 1 aliphatic heterocycles. The molecule has 3 aromatic heterocycles. The van der Waals surface area contributed by atoms with Crippen LogP contribution in [0, 0.1) is 25.2 Å². The molecule has 0 N–H and O–H groups in total. The first-order valence-electron chi connectivity index (χ1n) is 9.51. The van der Waals surface area contributed by atoms with E-state index in [4.69, 9.17) is 14.2 Å². The zero-order chi connectivity index (χ0) is 20.1. The lowest BCUT2D eigenvalue weighted by Crippen LogP contribution is -2.27. The fourth-order valence-electron chi connectivity index (χ4n) is 4.19. The first-order valence-corrected chi connectivity index (χ1v) is 9.51. The molecule has 2 atom stereocenters. The molecule has 4 heterocycles. The summed E-state index contributed by atoms with van der Waals surface area (Å²) in [4.78, 5) is 11.4. The molecule has 1 aliphatic rings. The van der Waals surface area contributed by atoms with E-state index in [2.05, 4.69) is 25.5 Å². The predicted octanol–water partition coefficient (Wildman–Crippen LogP) is 3.33. The van der Waals surface area contributed by atoms with Crippen LogP contribution in [0.3, 0.4) is 0 Å². The van der Waals surface area contributed by atoms with Crippen molar-refractivity contribution in [3.63, 3.8) is 0 Å². The molecule has 2 unspecified atom stereocenters. The Labute approximate surface area is 167 Å². The van der Waals surface area contributed by atoms with Gasteiger partial charge < -0.3 is 14.2 Å². The second-order valence-corrected chi connectivity index (χ2v) is 7.37. The van der Waals surface area contributed by atoms with Crippen LogP contribution in [0.25, 0.3) is 16.7 Å². The van der Waals surface area contributed by atoms with Gasteiger partial charge in [-0.25, -0.2) is 4.98 Å².